The van der Waals surface area contributed by atoms with Crippen LogP contribution in [0.2, 0.25) is 5.02 Å². The summed E-state index contributed by atoms with van der Waals surface area (Å²) in [4.78, 5) is 41.7. The number of anilines is 1. The summed E-state index contributed by atoms with van der Waals surface area (Å²) in [7, 11) is 0. The monoisotopic (exact) mass is 436 g/mol. The standard InChI is InChI=1S/C24H18ClFN2O3/c25-20-9-5-4-6-17(20)15-27(23(30)16-10-12-18(26)13-11-16)21-14-22(29)28(24(21)31)19-7-2-1-3-8-19/h1-13,21H,14-15H2. The maximum Gasteiger partial charge on any atom is 0.257 e. The van der Waals surface area contributed by atoms with Crippen LogP contribution in [0.4, 0.5) is 10.1 Å². The van der Waals surface area contributed by atoms with Gasteiger partial charge in [0.15, 0.2) is 0 Å². The van der Waals surface area contributed by atoms with Crippen molar-refractivity contribution >= 4 is 35.0 Å². The molecule has 0 aromatic heterocycles. The van der Waals surface area contributed by atoms with E-state index in [1.807, 2.05) is 0 Å². The molecule has 4 rings (SSSR count). The molecule has 0 bridgehead atoms. The molecule has 0 N–H and O–H groups in total. The minimum atomic E-state index is -0.999. The van der Waals surface area contributed by atoms with Crippen molar-refractivity contribution in [2.75, 3.05) is 4.90 Å². The topological polar surface area (TPSA) is 57.7 Å². The predicted octanol–water partition coefficient (Wildman–Crippen LogP) is 4.45. The van der Waals surface area contributed by atoms with E-state index in [0.29, 0.717) is 16.3 Å². The van der Waals surface area contributed by atoms with Crippen LogP contribution in [0.1, 0.15) is 22.3 Å². The molecule has 0 spiro atoms. The van der Waals surface area contributed by atoms with E-state index in [2.05, 4.69) is 0 Å². The van der Waals surface area contributed by atoms with Crippen molar-refractivity contribution < 1.29 is 18.8 Å². The van der Waals surface area contributed by atoms with Gasteiger partial charge in [-0.25, -0.2) is 9.29 Å². The van der Waals surface area contributed by atoms with Crippen molar-refractivity contribution in [1.82, 2.24) is 4.90 Å². The Bertz CT molecular complexity index is 1140. The Morgan fingerprint density at radius 3 is 2.29 bits per heavy atom. The molecule has 1 heterocycles. The normalized spacial score (nSPS) is 15.9. The van der Waals surface area contributed by atoms with Gasteiger partial charge in [0.05, 0.1) is 12.1 Å². The van der Waals surface area contributed by atoms with Gasteiger partial charge in [0.1, 0.15) is 11.9 Å². The molecule has 31 heavy (non-hydrogen) atoms. The van der Waals surface area contributed by atoms with E-state index in [1.165, 1.54) is 29.2 Å². The molecule has 3 aromatic carbocycles. The van der Waals surface area contributed by atoms with E-state index in [1.54, 1.807) is 54.6 Å². The lowest BCUT2D eigenvalue weighted by atomic mass is 10.1. The Kier molecular flexibility index (Phi) is 5.82. The first-order valence-corrected chi connectivity index (χ1v) is 10.1. The maximum atomic E-state index is 13.4. The number of halogens is 2. The molecular weight excluding hydrogens is 419 g/mol. The first-order valence-electron chi connectivity index (χ1n) is 9.67. The molecule has 0 radical (unpaired) electrons. The van der Waals surface area contributed by atoms with Crippen LogP contribution >= 0.6 is 11.6 Å². The van der Waals surface area contributed by atoms with Crippen LogP contribution in [-0.4, -0.2) is 28.7 Å². The molecule has 0 saturated carbocycles. The predicted molar refractivity (Wildman–Crippen MR) is 115 cm³/mol. The first-order chi connectivity index (χ1) is 15.0. The minimum Gasteiger partial charge on any atom is -0.322 e. The number of carbonyl (C=O) groups excluding carboxylic acids is 3. The Hall–Kier alpha value is -3.51. The Morgan fingerprint density at radius 1 is 0.968 bits per heavy atom. The van der Waals surface area contributed by atoms with E-state index >= 15 is 0 Å². The maximum absolute atomic E-state index is 13.4. The van der Waals surface area contributed by atoms with Crippen LogP contribution in [-0.2, 0) is 16.1 Å². The summed E-state index contributed by atoms with van der Waals surface area (Å²) >= 11 is 6.29. The summed E-state index contributed by atoms with van der Waals surface area (Å²) in [6.45, 7) is 0.0300. The number of nitrogens with zero attached hydrogens (tertiary/aromatic N) is 2. The Labute approximate surface area is 183 Å². The number of amides is 3. The molecule has 3 aromatic rings. The summed E-state index contributed by atoms with van der Waals surface area (Å²) in [6.07, 6.45) is -0.148. The van der Waals surface area contributed by atoms with Gasteiger partial charge < -0.3 is 4.90 Å². The van der Waals surface area contributed by atoms with E-state index in [0.717, 1.165) is 4.90 Å². The second kappa shape index (κ2) is 8.70. The lowest BCUT2D eigenvalue weighted by molar-refractivity contribution is -0.122. The molecule has 1 aliphatic rings. The number of hydrogen-bond donors (Lipinski definition) is 0. The summed E-state index contributed by atoms with van der Waals surface area (Å²) in [5.74, 6) is -1.84. The number of carbonyl (C=O) groups is 3. The fourth-order valence-corrected chi connectivity index (χ4v) is 3.80. The van der Waals surface area contributed by atoms with Gasteiger partial charge >= 0.3 is 0 Å². The third kappa shape index (κ3) is 4.20. The van der Waals surface area contributed by atoms with E-state index < -0.39 is 29.6 Å². The van der Waals surface area contributed by atoms with Gasteiger partial charge in [-0.15, -0.1) is 0 Å². The second-order valence-corrected chi connectivity index (χ2v) is 7.56. The van der Waals surface area contributed by atoms with Gasteiger partial charge in [0.25, 0.3) is 11.8 Å². The van der Waals surface area contributed by atoms with Gasteiger partial charge in [-0.05, 0) is 48.0 Å². The highest BCUT2D eigenvalue weighted by Gasteiger charge is 2.44. The number of imide groups is 1. The largest absolute Gasteiger partial charge is 0.322 e. The first kappa shape index (κ1) is 20.8. The van der Waals surface area contributed by atoms with Crippen LogP contribution in [0.5, 0.6) is 0 Å². The highest BCUT2D eigenvalue weighted by Crippen LogP contribution is 2.29. The minimum absolute atomic E-state index is 0.0300. The Balaban J connectivity index is 1.71. The summed E-state index contributed by atoms with van der Waals surface area (Å²) in [5.41, 5.74) is 1.30. The average Bonchev–Trinajstić information content (AvgIpc) is 3.07. The van der Waals surface area contributed by atoms with Gasteiger partial charge in [-0.1, -0.05) is 48.0 Å². The molecule has 1 aliphatic heterocycles. The zero-order chi connectivity index (χ0) is 22.0. The van der Waals surface area contributed by atoms with Crippen molar-refractivity contribution in [1.29, 1.82) is 0 Å². The zero-order valence-electron chi connectivity index (χ0n) is 16.4. The average molecular weight is 437 g/mol. The Morgan fingerprint density at radius 2 is 1.61 bits per heavy atom. The van der Waals surface area contributed by atoms with Gasteiger partial charge in [-0.3, -0.25) is 14.4 Å². The molecule has 3 amide bonds. The van der Waals surface area contributed by atoms with Gasteiger partial charge in [0.2, 0.25) is 5.91 Å². The number of benzene rings is 3. The van der Waals surface area contributed by atoms with Crippen LogP contribution in [0.25, 0.3) is 0 Å². The summed E-state index contributed by atoms with van der Waals surface area (Å²) < 4.78 is 13.4. The second-order valence-electron chi connectivity index (χ2n) is 7.15. The van der Waals surface area contributed by atoms with Crippen LogP contribution in [0, 0.1) is 5.82 Å². The molecule has 1 fully saturated rings. The van der Waals surface area contributed by atoms with Crippen LogP contribution in [0.3, 0.4) is 0 Å². The lowest BCUT2D eigenvalue weighted by Crippen LogP contribution is -2.45. The quantitative estimate of drug-likeness (QED) is 0.555. The van der Waals surface area contributed by atoms with Crippen molar-refractivity contribution in [3.8, 4) is 0 Å². The van der Waals surface area contributed by atoms with Crippen LogP contribution in [0.15, 0.2) is 78.9 Å². The van der Waals surface area contributed by atoms with E-state index in [4.69, 9.17) is 11.6 Å². The number of para-hydroxylation sites is 1. The third-order valence-corrected chi connectivity index (χ3v) is 5.53. The molecule has 5 nitrogen and oxygen atoms in total. The lowest BCUT2D eigenvalue weighted by Gasteiger charge is -2.28. The molecule has 156 valence electrons. The third-order valence-electron chi connectivity index (χ3n) is 5.16. The van der Waals surface area contributed by atoms with Gasteiger partial charge in [0, 0.05) is 17.1 Å². The van der Waals surface area contributed by atoms with Crippen molar-refractivity contribution in [2.45, 2.75) is 19.0 Å². The molecule has 1 saturated heterocycles. The van der Waals surface area contributed by atoms with Crippen molar-refractivity contribution in [2.24, 2.45) is 0 Å². The van der Waals surface area contributed by atoms with Crippen molar-refractivity contribution in [3.05, 3.63) is 101 Å². The highest BCUT2D eigenvalue weighted by molar-refractivity contribution is 6.31. The van der Waals surface area contributed by atoms with E-state index in [-0.39, 0.29) is 18.5 Å². The highest BCUT2D eigenvalue weighted by atomic mass is 35.5. The SMILES string of the molecule is O=C1CC(N(Cc2ccccc2Cl)C(=O)c2ccc(F)cc2)C(=O)N1c1ccccc1. The molecule has 1 atom stereocenters. The van der Waals surface area contributed by atoms with Gasteiger partial charge in [-0.2, -0.15) is 0 Å². The summed E-state index contributed by atoms with van der Waals surface area (Å²) in [5, 5.41) is 0.441. The fraction of sp³-hybridized carbons (Fsp3) is 0.125. The zero-order valence-corrected chi connectivity index (χ0v) is 17.1. The summed E-state index contributed by atoms with van der Waals surface area (Å²) in [6, 6.07) is 19.6. The number of hydrogen-bond acceptors (Lipinski definition) is 3. The smallest absolute Gasteiger partial charge is 0.257 e. The van der Waals surface area contributed by atoms with E-state index in [9.17, 15) is 18.8 Å². The fourth-order valence-electron chi connectivity index (χ4n) is 3.60. The molecule has 1 unspecified atom stereocenters. The van der Waals surface area contributed by atoms with Crippen LogP contribution < -0.4 is 4.90 Å². The van der Waals surface area contributed by atoms with Crippen molar-refractivity contribution in [3.63, 3.8) is 0 Å². The number of rotatable bonds is 5. The molecule has 7 heteroatoms. The molecule has 0 aliphatic carbocycles. The molecular formula is C24H18ClFN2O3.